The Bertz CT molecular complexity index is 619. The molecule has 0 aliphatic rings. The van der Waals surface area contributed by atoms with Crippen LogP contribution in [0.3, 0.4) is 0 Å². The van der Waals surface area contributed by atoms with E-state index in [0.717, 1.165) is 0 Å². The molecule has 0 fully saturated rings. The molecule has 6 nitrogen and oxygen atoms in total. The van der Waals surface area contributed by atoms with Crippen molar-refractivity contribution in [1.29, 1.82) is 0 Å². The summed E-state index contributed by atoms with van der Waals surface area (Å²) in [6.45, 7) is 0.0701. The average molecular weight is 300 g/mol. The topological polar surface area (TPSA) is 66.6 Å². The van der Waals surface area contributed by atoms with Gasteiger partial charge in [0.15, 0.2) is 17.4 Å². The first-order valence-corrected chi connectivity index (χ1v) is 6.29. The zero-order valence-electron chi connectivity index (χ0n) is 11.4. The van der Waals surface area contributed by atoms with Gasteiger partial charge in [-0.25, -0.2) is 0 Å². The number of pyridine rings is 1. The summed E-state index contributed by atoms with van der Waals surface area (Å²) < 4.78 is 38.0. The Morgan fingerprint density at radius 1 is 1.29 bits per heavy atom. The minimum atomic E-state index is -4.19. The zero-order chi connectivity index (χ0) is 15.3. The van der Waals surface area contributed by atoms with Gasteiger partial charge in [-0.1, -0.05) is 6.07 Å². The molecule has 0 atom stereocenters. The maximum atomic E-state index is 12.1. The molecule has 0 bridgehead atoms. The molecule has 0 spiro atoms. The van der Waals surface area contributed by atoms with E-state index < -0.39 is 12.6 Å². The quantitative estimate of drug-likeness (QED) is 0.661. The van der Waals surface area contributed by atoms with Crippen LogP contribution in [0.4, 0.5) is 13.2 Å². The highest BCUT2D eigenvalue weighted by atomic mass is 19.4. The summed E-state index contributed by atoms with van der Waals surface area (Å²) in [7, 11) is 1.49. The molecule has 0 aromatic carbocycles. The smallest absolute Gasteiger partial charge is 0.356 e. The fourth-order valence-corrected chi connectivity index (χ4v) is 1.72. The van der Waals surface area contributed by atoms with Gasteiger partial charge in [0, 0.05) is 19.8 Å². The molecule has 114 valence electrons. The van der Waals surface area contributed by atoms with Crippen molar-refractivity contribution in [2.45, 2.75) is 19.1 Å². The standard InChI is InChI=1S/C12H15F3N6/c1-16-11(17-6-5-12(13,14)15)18-8-10-20-19-9-4-2-3-7-21(9)10/h2-4,7H,5-6,8H2,1H3,(H2,16,17,18). The SMILES string of the molecule is CN=C(NCCC(F)(F)F)NCc1nnc2ccccn12. The highest BCUT2D eigenvalue weighted by Gasteiger charge is 2.26. The lowest BCUT2D eigenvalue weighted by molar-refractivity contribution is -0.132. The lowest BCUT2D eigenvalue weighted by Gasteiger charge is -2.12. The number of hydrogen-bond acceptors (Lipinski definition) is 3. The Morgan fingerprint density at radius 2 is 2.10 bits per heavy atom. The van der Waals surface area contributed by atoms with Crippen molar-refractivity contribution in [3.8, 4) is 0 Å². The second-order valence-electron chi connectivity index (χ2n) is 4.26. The van der Waals surface area contributed by atoms with E-state index in [2.05, 4.69) is 25.8 Å². The average Bonchev–Trinajstić information content (AvgIpc) is 2.85. The van der Waals surface area contributed by atoms with Crippen molar-refractivity contribution in [1.82, 2.24) is 25.2 Å². The lowest BCUT2D eigenvalue weighted by Crippen LogP contribution is -2.38. The molecule has 0 radical (unpaired) electrons. The Morgan fingerprint density at radius 3 is 2.81 bits per heavy atom. The summed E-state index contributed by atoms with van der Waals surface area (Å²) in [6.07, 6.45) is -3.29. The van der Waals surface area contributed by atoms with Gasteiger partial charge >= 0.3 is 6.18 Å². The van der Waals surface area contributed by atoms with Crippen molar-refractivity contribution in [2.75, 3.05) is 13.6 Å². The number of rotatable bonds is 4. The zero-order valence-corrected chi connectivity index (χ0v) is 11.4. The van der Waals surface area contributed by atoms with Crippen LogP contribution < -0.4 is 10.6 Å². The molecule has 0 saturated heterocycles. The molecule has 2 rings (SSSR count). The van der Waals surface area contributed by atoms with Gasteiger partial charge in [0.25, 0.3) is 0 Å². The van der Waals surface area contributed by atoms with E-state index in [9.17, 15) is 13.2 Å². The van der Waals surface area contributed by atoms with Gasteiger partial charge in [-0.15, -0.1) is 10.2 Å². The van der Waals surface area contributed by atoms with Crippen LogP contribution in [0.1, 0.15) is 12.2 Å². The van der Waals surface area contributed by atoms with Crippen molar-refractivity contribution >= 4 is 11.6 Å². The van der Waals surface area contributed by atoms with Crippen molar-refractivity contribution in [3.05, 3.63) is 30.2 Å². The second-order valence-corrected chi connectivity index (χ2v) is 4.26. The van der Waals surface area contributed by atoms with Gasteiger partial charge < -0.3 is 10.6 Å². The van der Waals surface area contributed by atoms with Crippen LogP contribution in [0, 0.1) is 0 Å². The van der Waals surface area contributed by atoms with Gasteiger partial charge in [-0.3, -0.25) is 9.39 Å². The van der Waals surface area contributed by atoms with Crippen LogP contribution in [-0.4, -0.2) is 40.3 Å². The Kier molecular flexibility index (Phi) is 4.61. The summed E-state index contributed by atoms with van der Waals surface area (Å²) in [4.78, 5) is 3.86. The van der Waals surface area contributed by atoms with Gasteiger partial charge in [-0.05, 0) is 12.1 Å². The largest absolute Gasteiger partial charge is 0.390 e. The predicted octanol–water partition coefficient (Wildman–Crippen LogP) is 1.35. The summed E-state index contributed by atoms with van der Waals surface area (Å²) in [6, 6.07) is 5.50. The fourth-order valence-electron chi connectivity index (χ4n) is 1.72. The molecule has 0 aliphatic heterocycles. The molecule has 0 saturated carbocycles. The molecule has 21 heavy (non-hydrogen) atoms. The minimum Gasteiger partial charge on any atom is -0.356 e. The second kappa shape index (κ2) is 6.42. The molecule has 0 aliphatic carbocycles. The van der Waals surface area contributed by atoms with Crippen LogP contribution in [0.5, 0.6) is 0 Å². The number of fused-ring (bicyclic) bond motifs is 1. The first kappa shape index (κ1) is 15.1. The summed E-state index contributed by atoms with van der Waals surface area (Å²) in [5, 5.41) is 13.5. The van der Waals surface area contributed by atoms with Gasteiger partial charge in [0.05, 0.1) is 13.0 Å². The predicted molar refractivity (Wildman–Crippen MR) is 71.9 cm³/mol. The Balaban J connectivity index is 1.89. The summed E-state index contributed by atoms with van der Waals surface area (Å²) in [5.41, 5.74) is 0.703. The van der Waals surface area contributed by atoms with Crippen molar-refractivity contribution in [3.63, 3.8) is 0 Å². The first-order valence-electron chi connectivity index (χ1n) is 6.29. The van der Waals surface area contributed by atoms with Gasteiger partial charge in [-0.2, -0.15) is 13.2 Å². The molecule has 9 heteroatoms. The van der Waals surface area contributed by atoms with E-state index in [1.165, 1.54) is 7.05 Å². The van der Waals surface area contributed by atoms with E-state index in [4.69, 9.17) is 0 Å². The monoisotopic (exact) mass is 300 g/mol. The number of nitrogens with one attached hydrogen (secondary N) is 2. The van der Waals surface area contributed by atoms with Crippen LogP contribution in [-0.2, 0) is 6.54 Å². The molecule has 2 N–H and O–H groups in total. The molecule has 2 aromatic heterocycles. The molecule has 2 aromatic rings. The minimum absolute atomic E-state index is 0.232. The number of hydrogen-bond donors (Lipinski definition) is 2. The van der Waals surface area contributed by atoms with E-state index in [-0.39, 0.29) is 12.5 Å². The third kappa shape index (κ3) is 4.33. The normalized spacial score (nSPS) is 12.7. The first-order chi connectivity index (χ1) is 9.99. The van der Waals surface area contributed by atoms with Crippen LogP contribution in [0.2, 0.25) is 0 Å². The van der Waals surface area contributed by atoms with Crippen LogP contribution >= 0.6 is 0 Å². The van der Waals surface area contributed by atoms with Crippen LogP contribution in [0.25, 0.3) is 5.65 Å². The van der Waals surface area contributed by atoms with Crippen molar-refractivity contribution < 1.29 is 13.2 Å². The molecule has 0 unspecified atom stereocenters. The van der Waals surface area contributed by atoms with Gasteiger partial charge in [0.2, 0.25) is 0 Å². The molecular weight excluding hydrogens is 285 g/mol. The number of aromatic nitrogens is 3. The number of alkyl halides is 3. The third-order valence-corrected chi connectivity index (χ3v) is 2.72. The lowest BCUT2D eigenvalue weighted by atomic mass is 10.4. The number of aliphatic imine (C=N–C) groups is 1. The van der Waals surface area contributed by atoms with E-state index >= 15 is 0 Å². The van der Waals surface area contributed by atoms with E-state index in [0.29, 0.717) is 18.0 Å². The van der Waals surface area contributed by atoms with E-state index in [1.54, 1.807) is 4.40 Å². The number of halogens is 3. The summed E-state index contributed by atoms with van der Waals surface area (Å²) >= 11 is 0. The highest BCUT2D eigenvalue weighted by molar-refractivity contribution is 5.79. The molecular formula is C12H15F3N6. The third-order valence-electron chi connectivity index (χ3n) is 2.72. The number of guanidine groups is 1. The van der Waals surface area contributed by atoms with Gasteiger partial charge in [0.1, 0.15) is 0 Å². The number of nitrogens with zero attached hydrogens (tertiary/aromatic N) is 4. The van der Waals surface area contributed by atoms with Crippen LogP contribution in [0.15, 0.2) is 29.4 Å². The fraction of sp³-hybridized carbons (Fsp3) is 0.417. The Hall–Kier alpha value is -2.32. The maximum absolute atomic E-state index is 12.1. The maximum Gasteiger partial charge on any atom is 0.390 e. The highest BCUT2D eigenvalue weighted by Crippen LogP contribution is 2.18. The summed E-state index contributed by atoms with van der Waals surface area (Å²) in [5.74, 6) is 0.927. The van der Waals surface area contributed by atoms with Crippen molar-refractivity contribution in [2.24, 2.45) is 4.99 Å². The molecule has 0 amide bonds. The Labute approximate surface area is 119 Å². The van der Waals surface area contributed by atoms with E-state index in [1.807, 2.05) is 24.4 Å². The molecule has 2 heterocycles.